The summed E-state index contributed by atoms with van der Waals surface area (Å²) in [6, 6.07) is 0. The molecule has 2 N–H and O–H groups in total. The second-order valence-corrected chi connectivity index (χ2v) is 5.92. The van der Waals surface area contributed by atoms with Gasteiger partial charge in [0.25, 0.3) is 0 Å². The van der Waals surface area contributed by atoms with Crippen LogP contribution in [0.15, 0.2) is 4.90 Å². The van der Waals surface area contributed by atoms with Crippen LogP contribution in [0.4, 0.5) is 0 Å². The SMILES string of the molecule is COCCCCCNS(=O)(=O)c1c(C)n[nH]c1C. The Hall–Kier alpha value is -0.920. The van der Waals surface area contributed by atoms with Crippen molar-refractivity contribution in [2.75, 3.05) is 20.3 Å². The smallest absolute Gasteiger partial charge is 0.244 e. The van der Waals surface area contributed by atoms with Gasteiger partial charge in [0.15, 0.2) is 0 Å². The van der Waals surface area contributed by atoms with Gasteiger partial charge in [-0.05, 0) is 33.1 Å². The van der Waals surface area contributed by atoms with Gasteiger partial charge >= 0.3 is 0 Å². The summed E-state index contributed by atoms with van der Waals surface area (Å²) in [6.07, 6.45) is 2.69. The molecular formula is C11H21N3O3S. The lowest BCUT2D eigenvalue weighted by atomic mass is 10.2. The van der Waals surface area contributed by atoms with E-state index in [9.17, 15) is 8.42 Å². The van der Waals surface area contributed by atoms with Gasteiger partial charge in [0.2, 0.25) is 10.0 Å². The number of nitrogens with zero attached hydrogens (tertiary/aromatic N) is 1. The first-order valence-corrected chi connectivity index (χ1v) is 7.47. The summed E-state index contributed by atoms with van der Waals surface area (Å²) in [4.78, 5) is 0.263. The lowest BCUT2D eigenvalue weighted by molar-refractivity contribution is 0.192. The number of unbranched alkanes of at least 4 members (excludes halogenated alkanes) is 2. The van der Waals surface area contributed by atoms with Crippen LogP contribution in [0.5, 0.6) is 0 Å². The molecule has 0 spiro atoms. The molecule has 0 bridgehead atoms. The van der Waals surface area contributed by atoms with Crippen LogP contribution in [0.1, 0.15) is 30.7 Å². The summed E-state index contributed by atoms with van der Waals surface area (Å²) in [6.45, 7) is 4.53. The molecule has 1 rings (SSSR count). The maximum absolute atomic E-state index is 12.0. The third kappa shape index (κ3) is 4.08. The van der Waals surface area contributed by atoms with Crippen LogP contribution in [0, 0.1) is 13.8 Å². The van der Waals surface area contributed by atoms with E-state index < -0.39 is 10.0 Å². The maximum Gasteiger partial charge on any atom is 0.244 e. The molecule has 0 saturated heterocycles. The van der Waals surface area contributed by atoms with Crippen LogP contribution in [-0.2, 0) is 14.8 Å². The molecule has 0 aromatic carbocycles. The van der Waals surface area contributed by atoms with Crippen molar-refractivity contribution in [1.82, 2.24) is 14.9 Å². The normalized spacial score (nSPS) is 11.9. The molecule has 0 unspecified atom stereocenters. The number of hydrogen-bond acceptors (Lipinski definition) is 4. The molecule has 6 nitrogen and oxygen atoms in total. The van der Waals surface area contributed by atoms with Crippen LogP contribution in [0.2, 0.25) is 0 Å². The highest BCUT2D eigenvalue weighted by molar-refractivity contribution is 7.89. The number of aromatic amines is 1. The summed E-state index contributed by atoms with van der Waals surface area (Å²) < 4.78 is 31.6. The number of sulfonamides is 1. The molecule has 1 aromatic heterocycles. The molecule has 0 aliphatic heterocycles. The number of nitrogens with one attached hydrogen (secondary N) is 2. The van der Waals surface area contributed by atoms with E-state index >= 15 is 0 Å². The monoisotopic (exact) mass is 275 g/mol. The van der Waals surface area contributed by atoms with Gasteiger partial charge in [0.1, 0.15) is 4.90 Å². The fourth-order valence-electron chi connectivity index (χ4n) is 1.76. The maximum atomic E-state index is 12.0. The van der Waals surface area contributed by atoms with Gasteiger partial charge in [0.05, 0.1) is 11.4 Å². The molecule has 0 aliphatic carbocycles. The van der Waals surface area contributed by atoms with Crippen LogP contribution < -0.4 is 4.72 Å². The van der Waals surface area contributed by atoms with Crippen LogP contribution in [0.25, 0.3) is 0 Å². The number of aryl methyl sites for hydroxylation is 2. The summed E-state index contributed by atoms with van der Waals surface area (Å²) in [5.41, 5.74) is 1.07. The van der Waals surface area contributed by atoms with Gasteiger partial charge in [-0.25, -0.2) is 13.1 Å². The average molecular weight is 275 g/mol. The first-order chi connectivity index (χ1) is 8.49. The zero-order valence-electron chi connectivity index (χ0n) is 11.1. The number of ether oxygens (including phenoxy) is 1. The molecule has 18 heavy (non-hydrogen) atoms. The van der Waals surface area contributed by atoms with E-state index in [-0.39, 0.29) is 4.90 Å². The van der Waals surface area contributed by atoms with Crippen molar-refractivity contribution in [1.29, 1.82) is 0 Å². The fourth-order valence-corrected chi connectivity index (χ4v) is 3.20. The molecule has 0 radical (unpaired) electrons. The number of rotatable bonds is 8. The number of methoxy groups -OCH3 is 1. The van der Waals surface area contributed by atoms with Crippen LogP contribution in [0.3, 0.4) is 0 Å². The number of hydrogen-bond donors (Lipinski definition) is 2. The first kappa shape index (κ1) is 15.1. The standard InChI is InChI=1S/C11H21N3O3S/c1-9-11(10(2)14-13-9)18(15,16)12-7-5-4-6-8-17-3/h12H,4-8H2,1-3H3,(H,13,14). The van der Waals surface area contributed by atoms with Gasteiger partial charge in [0, 0.05) is 20.3 Å². The van der Waals surface area contributed by atoms with Crippen molar-refractivity contribution in [3.8, 4) is 0 Å². The van der Waals surface area contributed by atoms with Gasteiger partial charge in [-0.15, -0.1) is 0 Å². The van der Waals surface area contributed by atoms with Gasteiger partial charge in [-0.3, -0.25) is 5.10 Å². The number of H-pyrrole nitrogens is 1. The Balaban J connectivity index is 2.46. The minimum atomic E-state index is -3.45. The molecule has 0 fully saturated rings. The molecule has 0 aliphatic rings. The van der Waals surface area contributed by atoms with E-state index in [1.54, 1.807) is 21.0 Å². The third-order valence-electron chi connectivity index (χ3n) is 2.65. The Morgan fingerprint density at radius 2 is 2.00 bits per heavy atom. The summed E-state index contributed by atoms with van der Waals surface area (Å²) in [7, 11) is -1.79. The topological polar surface area (TPSA) is 84.1 Å². The quantitative estimate of drug-likeness (QED) is 0.696. The Morgan fingerprint density at radius 3 is 2.56 bits per heavy atom. The molecule has 104 valence electrons. The largest absolute Gasteiger partial charge is 0.385 e. The molecule has 0 amide bonds. The zero-order valence-corrected chi connectivity index (χ0v) is 11.9. The molecular weight excluding hydrogens is 254 g/mol. The predicted octanol–water partition coefficient (Wildman–Crippen LogP) is 1.12. The lowest BCUT2D eigenvalue weighted by Gasteiger charge is -2.06. The molecule has 0 atom stereocenters. The Kier molecular flexibility index (Phi) is 5.77. The van der Waals surface area contributed by atoms with Gasteiger partial charge < -0.3 is 4.74 Å². The number of aromatic nitrogens is 2. The van der Waals surface area contributed by atoms with Crippen molar-refractivity contribution in [3.63, 3.8) is 0 Å². The lowest BCUT2D eigenvalue weighted by Crippen LogP contribution is -2.25. The Bertz CT molecular complexity index is 448. The van der Waals surface area contributed by atoms with Crippen molar-refractivity contribution in [3.05, 3.63) is 11.4 Å². The van der Waals surface area contributed by atoms with Gasteiger partial charge in [-0.2, -0.15) is 5.10 Å². The van der Waals surface area contributed by atoms with Crippen molar-refractivity contribution >= 4 is 10.0 Å². The summed E-state index contributed by atoms with van der Waals surface area (Å²) in [5.74, 6) is 0. The highest BCUT2D eigenvalue weighted by Gasteiger charge is 2.21. The first-order valence-electron chi connectivity index (χ1n) is 5.99. The van der Waals surface area contributed by atoms with Gasteiger partial charge in [-0.1, -0.05) is 0 Å². The Morgan fingerprint density at radius 1 is 1.28 bits per heavy atom. The van der Waals surface area contributed by atoms with Crippen molar-refractivity contribution in [2.45, 2.75) is 38.0 Å². The van der Waals surface area contributed by atoms with E-state index in [1.807, 2.05) is 0 Å². The van der Waals surface area contributed by atoms with Crippen molar-refractivity contribution < 1.29 is 13.2 Å². The van der Waals surface area contributed by atoms with E-state index in [1.165, 1.54) is 0 Å². The average Bonchev–Trinajstić information content (AvgIpc) is 2.64. The third-order valence-corrected chi connectivity index (χ3v) is 4.37. The minimum absolute atomic E-state index is 0.263. The van der Waals surface area contributed by atoms with Crippen LogP contribution in [-0.4, -0.2) is 38.9 Å². The molecule has 1 aromatic rings. The Labute approximate surface area is 108 Å². The molecule has 1 heterocycles. The summed E-state index contributed by atoms with van der Waals surface area (Å²) >= 11 is 0. The highest BCUT2D eigenvalue weighted by atomic mass is 32.2. The van der Waals surface area contributed by atoms with E-state index in [4.69, 9.17) is 4.74 Å². The summed E-state index contributed by atoms with van der Waals surface area (Å²) in [5, 5.41) is 6.57. The second-order valence-electron chi connectivity index (χ2n) is 4.21. The zero-order chi connectivity index (χ0) is 13.6. The van der Waals surface area contributed by atoms with Crippen LogP contribution >= 0.6 is 0 Å². The predicted molar refractivity (Wildman–Crippen MR) is 69.0 cm³/mol. The highest BCUT2D eigenvalue weighted by Crippen LogP contribution is 2.16. The van der Waals surface area contributed by atoms with E-state index in [2.05, 4.69) is 14.9 Å². The fraction of sp³-hybridized carbons (Fsp3) is 0.727. The van der Waals surface area contributed by atoms with E-state index in [0.717, 1.165) is 19.3 Å². The van der Waals surface area contributed by atoms with Crippen molar-refractivity contribution in [2.24, 2.45) is 0 Å². The molecule has 0 saturated carbocycles. The van der Waals surface area contributed by atoms with E-state index in [0.29, 0.717) is 24.5 Å². The molecule has 7 heteroatoms. The minimum Gasteiger partial charge on any atom is -0.385 e. The second kappa shape index (κ2) is 6.86.